The number of nitrogens with one attached hydrogen (secondary N) is 1. The van der Waals surface area contributed by atoms with Crippen LogP contribution >= 0.6 is 0 Å². The molecule has 0 saturated heterocycles. The molecule has 1 aromatic carbocycles. The Morgan fingerprint density at radius 1 is 0.871 bits per heavy atom. The molecule has 2 nitrogen and oxygen atoms in total. The Hall–Kier alpha value is -1.31. The molecule has 1 amide bonds. The van der Waals surface area contributed by atoms with Crippen LogP contribution in [0, 0.1) is 23.7 Å². The van der Waals surface area contributed by atoms with Crippen molar-refractivity contribution >= 4 is 5.91 Å². The Bertz CT molecular complexity index is 698. The van der Waals surface area contributed by atoms with E-state index in [0.29, 0.717) is 6.42 Å². The Morgan fingerprint density at radius 2 is 1.55 bits per heavy atom. The van der Waals surface area contributed by atoms with Crippen molar-refractivity contribution in [3.8, 4) is 0 Å². The maximum atomic E-state index is 12.3. The molecule has 172 valence electrons. The van der Waals surface area contributed by atoms with Gasteiger partial charge in [0, 0.05) is 6.42 Å². The van der Waals surface area contributed by atoms with Crippen molar-refractivity contribution in [3.63, 3.8) is 0 Å². The van der Waals surface area contributed by atoms with Crippen molar-refractivity contribution in [1.29, 1.82) is 0 Å². The molecular formula is C29H45NO. The van der Waals surface area contributed by atoms with E-state index in [9.17, 15) is 4.79 Å². The highest BCUT2D eigenvalue weighted by atomic mass is 16.1. The molecule has 2 fully saturated rings. The summed E-state index contributed by atoms with van der Waals surface area (Å²) in [6, 6.07) is 8.81. The molecule has 0 aromatic heterocycles. The van der Waals surface area contributed by atoms with E-state index >= 15 is 0 Å². The van der Waals surface area contributed by atoms with E-state index in [1.165, 1.54) is 75.3 Å². The smallest absolute Gasteiger partial charge is 0.220 e. The zero-order chi connectivity index (χ0) is 21.5. The zero-order valence-corrected chi connectivity index (χ0v) is 19.9. The lowest BCUT2D eigenvalue weighted by atomic mass is 10.0. The van der Waals surface area contributed by atoms with Gasteiger partial charge in [-0.15, -0.1) is 0 Å². The predicted molar refractivity (Wildman–Crippen MR) is 130 cm³/mol. The van der Waals surface area contributed by atoms with Gasteiger partial charge < -0.3 is 5.32 Å². The molecule has 1 aromatic rings. The lowest BCUT2D eigenvalue weighted by molar-refractivity contribution is -0.121. The SMILES string of the molecule is CCCCC[C@H]1C[C@H]1C[C@H]1C[C@H]1CCCCCCCC(=O)NC1CCc2ccccc21. The van der Waals surface area contributed by atoms with Crippen LogP contribution in [0.2, 0.25) is 0 Å². The third-order valence-corrected chi connectivity index (χ3v) is 8.37. The van der Waals surface area contributed by atoms with Crippen LogP contribution in [0.3, 0.4) is 0 Å². The lowest BCUT2D eigenvalue weighted by Crippen LogP contribution is -2.26. The molecule has 5 atom stereocenters. The van der Waals surface area contributed by atoms with Crippen LogP contribution < -0.4 is 5.32 Å². The summed E-state index contributed by atoms with van der Waals surface area (Å²) in [5.41, 5.74) is 2.75. The molecule has 0 aliphatic heterocycles. The number of aryl methyl sites for hydroxylation is 1. The lowest BCUT2D eigenvalue weighted by Gasteiger charge is -2.14. The second-order valence-corrected chi connectivity index (χ2v) is 10.9. The molecule has 0 spiro atoms. The number of benzene rings is 1. The van der Waals surface area contributed by atoms with Gasteiger partial charge in [-0.1, -0.05) is 89.0 Å². The van der Waals surface area contributed by atoms with E-state index in [0.717, 1.165) is 42.9 Å². The summed E-state index contributed by atoms with van der Waals surface area (Å²) >= 11 is 0. The van der Waals surface area contributed by atoms with E-state index in [1.54, 1.807) is 12.8 Å². The number of rotatable bonds is 15. The van der Waals surface area contributed by atoms with Gasteiger partial charge in [-0.05, 0) is 73.3 Å². The number of carbonyl (C=O) groups excluding carboxylic acids is 1. The van der Waals surface area contributed by atoms with Gasteiger partial charge >= 0.3 is 0 Å². The third-order valence-electron chi connectivity index (χ3n) is 8.37. The number of hydrogen-bond donors (Lipinski definition) is 1. The quantitative estimate of drug-likeness (QED) is 0.287. The molecule has 3 aliphatic rings. The van der Waals surface area contributed by atoms with E-state index in [1.807, 2.05) is 0 Å². The highest BCUT2D eigenvalue weighted by Gasteiger charge is 2.44. The first kappa shape index (κ1) is 22.9. The fraction of sp³-hybridized carbons (Fsp3) is 0.759. The largest absolute Gasteiger partial charge is 0.349 e. The number of amides is 1. The summed E-state index contributed by atoms with van der Waals surface area (Å²) in [6.07, 6.45) is 21.1. The fourth-order valence-electron chi connectivity index (χ4n) is 6.15. The first-order valence-corrected chi connectivity index (χ1v) is 13.6. The second kappa shape index (κ2) is 11.5. The van der Waals surface area contributed by atoms with Gasteiger partial charge in [-0.3, -0.25) is 4.79 Å². The summed E-state index contributed by atoms with van der Waals surface area (Å²) in [6.45, 7) is 2.31. The monoisotopic (exact) mass is 423 g/mol. The van der Waals surface area contributed by atoms with E-state index in [4.69, 9.17) is 0 Å². The molecule has 1 unspecified atom stereocenters. The summed E-state index contributed by atoms with van der Waals surface area (Å²) < 4.78 is 0. The molecule has 0 radical (unpaired) electrons. The number of fused-ring (bicyclic) bond motifs is 1. The first-order valence-electron chi connectivity index (χ1n) is 13.6. The maximum Gasteiger partial charge on any atom is 0.220 e. The van der Waals surface area contributed by atoms with Crippen molar-refractivity contribution in [3.05, 3.63) is 35.4 Å². The van der Waals surface area contributed by atoms with E-state index in [-0.39, 0.29) is 11.9 Å². The van der Waals surface area contributed by atoms with Crippen molar-refractivity contribution in [2.24, 2.45) is 23.7 Å². The first-order chi connectivity index (χ1) is 15.2. The summed E-state index contributed by atoms with van der Waals surface area (Å²) in [5, 5.41) is 3.26. The topological polar surface area (TPSA) is 29.1 Å². The van der Waals surface area contributed by atoms with Gasteiger partial charge in [0.15, 0.2) is 0 Å². The van der Waals surface area contributed by atoms with Crippen molar-refractivity contribution in [2.45, 2.75) is 116 Å². The van der Waals surface area contributed by atoms with Crippen LogP contribution in [0.25, 0.3) is 0 Å². The number of hydrogen-bond acceptors (Lipinski definition) is 1. The van der Waals surface area contributed by atoms with Crippen molar-refractivity contribution in [1.82, 2.24) is 5.32 Å². The van der Waals surface area contributed by atoms with Crippen LogP contribution in [0.15, 0.2) is 24.3 Å². The van der Waals surface area contributed by atoms with E-state index < -0.39 is 0 Å². The minimum Gasteiger partial charge on any atom is -0.349 e. The molecule has 2 heteroatoms. The average Bonchev–Trinajstić information content (AvgIpc) is 3.67. The minimum absolute atomic E-state index is 0.246. The molecule has 0 heterocycles. The van der Waals surface area contributed by atoms with Gasteiger partial charge in [0.2, 0.25) is 5.91 Å². The third kappa shape index (κ3) is 7.09. The highest BCUT2D eigenvalue weighted by molar-refractivity contribution is 5.76. The van der Waals surface area contributed by atoms with Crippen LogP contribution in [0.1, 0.15) is 120 Å². The molecule has 4 rings (SSSR count). The van der Waals surface area contributed by atoms with Crippen LogP contribution in [0.4, 0.5) is 0 Å². The zero-order valence-electron chi connectivity index (χ0n) is 19.9. The van der Waals surface area contributed by atoms with Crippen LogP contribution in [-0.4, -0.2) is 5.91 Å². The summed E-state index contributed by atoms with van der Waals surface area (Å²) in [7, 11) is 0. The second-order valence-electron chi connectivity index (χ2n) is 10.9. The molecule has 0 bridgehead atoms. The standard InChI is InChI=1S/C29H45NO/c1-2-3-7-13-23-19-25(23)21-26-20-24(26)14-8-5-4-6-9-16-29(31)30-28-18-17-22-12-10-11-15-27(22)28/h10-12,15,23-26,28H,2-9,13-14,16-21H2,1H3,(H,30,31)/t23-,24+,25-,26+,28?/m0/s1. The van der Waals surface area contributed by atoms with Crippen LogP contribution in [0.5, 0.6) is 0 Å². The Kier molecular flexibility index (Phi) is 8.50. The highest BCUT2D eigenvalue weighted by Crippen LogP contribution is 2.54. The van der Waals surface area contributed by atoms with Crippen LogP contribution in [-0.2, 0) is 11.2 Å². The molecular weight excluding hydrogens is 378 g/mol. The molecule has 2 saturated carbocycles. The Morgan fingerprint density at radius 3 is 2.32 bits per heavy atom. The van der Waals surface area contributed by atoms with Gasteiger partial charge in [0.25, 0.3) is 0 Å². The fourth-order valence-corrected chi connectivity index (χ4v) is 6.15. The average molecular weight is 424 g/mol. The Labute approximate surface area is 191 Å². The van der Waals surface area contributed by atoms with Gasteiger partial charge in [-0.2, -0.15) is 0 Å². The summed E-state index contributed by atoms with van der Waals surface area (Å²) in [4.78, 5) is 12.3. The van der Waals surface area contributed by atoms with Gasteiger partial charge in [0.05, 0.1) is 6.04 Å². The predicted octanol–water partition coefficient (Wildman–Crippen LogP) is 7.76. The number of unbranched alkanes of at least 4 members (excludes halogenated alkanes) is 6. The van der Waals surface area contributed by atoms with Gasteiger partial charge in [-0.25, -0.2) is 0 Å². The normalized spacial score (nSPS) is 28.4. The maximum absolute atomic E-state index is 12.3. The van der Waals surface area contributed by atoms with Crippen molar-refractivity contribution in [2.75, 3.05) is 0 Å². The van der Waals surface area contributed by atoms with Crippen molar-refractivity contribution < 1.29 is 4.79 Å². The minimum atomic E-state index is 0.246. The number of carbonyl (C=O) groups is 1. The molecule has 3 aliphatic carbocycles. The Balaban J connectivity index is 0.962. The summed E-state index contributed by atoms with van der Waals surface area (Å²) in [5.74, 6) is 4.61. The molecule has 31 heavy (non-hydrogen) atoms. The van der Waals surface area contributed by atoms with E-state index in [2.05, 4.69) is 36.5 Å². The molecule has 1 N–H and O–H groups in total. The van der Waals surface area contributed by atoms with Gasteiger partial charge in [0.1, 0.15) is 0 Å².